The lowest BCUT2D eigenvalue weighted by atomic mass is 10.2. The Morgan fingerprint density at radius 1 is 1.26 bits per heavy atom. The number of nitrogens with one attached hydrogen (secondary N) is 2. The molecule has 1 aliphatic rings. The predicted octanol–water partition coefficient (Wildman–Crippen LogP) is 3.57. The highest BCUT2D eigenvalue weighted by Crippen LogP contribution is 2.27. The van der Waals surface area contributed by atoms with Crippen LogP contribution in [0, 0.1) is 0 Å². The van der Waals surface area contributed by atoms with E-state index in [1.807, 2.05) is 26.0 Å². The van der Waals surface area contributed by atoms with Gasteiger partial charge in [-0.1, -0.05) is 12.1 Å². The number of hydrogen-bond donors (Lipinski definition) is 2. The van der Waals surface area contributed by atoms with Crippen molar-refractivity contribution < 1.29 is 9.53 Å². The molecule has 1 saturated heterocycles. The molecule has 0 spiro atoms. The van der Waals surface area contributed by atoms with Crippen LogP contribution in [0.15, 0.2) is 35.8 Å². The van der Waals surface area contributed by atoms with Gasteiger partial charge in [-0.3, -0.25) is 4.90 Å². The van der Waals surface area contributed by atoms with Crippen LogP contribution in [0.1, 0.15) is 43.2 Å². The standard InChI is InChI=1S/C20H28N4O2S/c1-15(2)26-19-16(7-5-9-21-19)13-22-20(25)23-14-17(18-8-6-12-27-18)24-10-3-4-11-24/h5-9,12,15,17H,3-4,10-11,13-14H2,1-2H3,(H2,22,23,25). The average molecular weight is 389 g/mol. The van der Waals surface area contributed by atoms with Crippen LogP contribution >= 0.6 is 11.3 Å². The maximum absolute atomic E-state index is 12.3. The first kappa shape index (κ1) is 19.6. The smallest absolute Gasteiger partial charge is 0.315 e. The second-order valence-electron chi connectivity index (χ2n) is 6.97. The van der Waals surface area contributed by atoms with Crippen LogP contribution in [-0.2, 0) is 6.54 Å². The molecule has 3 rings (SSSR count). The van der Waals surface area contributed by atoms with Gasteiger partial charge in [0.05, 0.1) is 12.1 Å². The molecule has 0 radical (unpaired) electrons. The zero-order chi connectivity index (χ0) is 19.1. The SMILES string of the molecule is CC(C)Oc1ncccc1CNC(=O)NCC(c1cccs1)N1CCCC1. The summed E-state index contributed by atoms with van der Waals surface area (Å²) in [5.41, 5.74) is 0.871. The molecule has 1 aliphatic heterocycles. The second-order valence-corrected chi connectivity index (χ2v) is 7.95. The third-order valence-electron chi connectivity index (χ3n) is 4.55. The maximum Gasteiger partial charge on any atom is 0.315 e. The lowest BCUT2D eigenvalue weighted by molar-refractivity contribution is 0.220. The number of urea groups is 1. The Kier molecular flexibility index (Phi) is 7.06. The number of thiophene rings is 1. The average Bonchev–Trinajstić information content (AvgIpc) is 3.35. The van der Waals surface area contributed by atoms with Crippen molar-refractivity contribution in [3.8, 4) is 5.88 Å². The molecule has 7 heteroatoms. The first-order valence-corrected chi connectivity index (χ1v) is 10.4. The van der Waals surface area contributed by atoms with Gasteiger partial charge >= 0.3 is 6.03 Å². The molecule has 146 valence electrons. The van der Waals surface area contributed by atoms with Crippen LogP contribution in [0.2, 0.25) is 0 Å². The minimum atomic E-state index is -0.171. The minimum absolute atomic E-state index is 0.0412. The van der Waals surface area contributed by atoms with E-state index < -0.39 is 0 Å². The van der Waals surface area contributed by atoms with Gasteiger partial charge in [0, 0.05) is 29.7 Å². The van der Waals surface area contributed by atoms with Crippen molar-refractivity contribution in [3.05, 3.63) is 46.3 Å². The Hall–Kier alpha value is -2.12. The molecule has 2 aromatic heterocycles. The van der Waals surface area contributed by atoms with Crippen LogP contribution in [0.4, 0.5) is 4.79 Å². The minimum Gasteiger partial charge on any atom is -0.475 e. The van der Waals surface area contributed by atoms with Gasteiger partial charge in [-0.15, -0.1) is 11.3 Å². The highest BCUT2D eigenvalue weighted by Gasteiger charge is 2.24. The van der Waals surface area contributed by atoms with Gasteiger partial charge in [-0.05, 0) is 57.3 Å². The lowest BCUT2D eigenvalue weighted by Gasteiger charge is -2.27. The van der Waals surface area contributed by atoms with Crippen molar-refractivity contribution in [3.63, 3.8) is 0 Å². The Labute approximate surface area is 164 Å². The number of nitrogens with zero attached hydrogens (tertiary/aromatic N) is 2. The molecule has 1 atom stereocenters. The summed E-state index contributed by atoms with van der Waals surface area (Å²) in [6.07, 6.45) is 4.20. The zero-order valence-corrected chi connectivity index (χ0v) is 16.8. The van der Waals surface area contributed by atoms with Crippen LogP contribution in [-0.4, -0.2) is 41.7 Å². The summed E-state index contributed by atoms with van der Waals surface area (Å²) >= 11 is 1.75. The molecule has 0 aliphatic carbocycles. The maximum atomic E-state index is 12.3. The number of carbonyl (C=O) groups excluding carboxylic acids is 1. The Balaban J connectivity index is 1.53. The summed E-state index contributed by atoms with van der Waals surface area (Å²) in [6.45, 7) is 7.10. The van der Waals surface area contributed by atoms with Gasteiger partial charge in [-0.2, -0.15) is 0 Å². The van der Waals surface area contributed by atoms with Crippen LogP contribution < -0.4 is 15.4 Å². The van der Waals surface area contributed by atoms with Crippen molar-refractivity contribution in [1.29, 1.82) is 0 Å². The van der Waals surface area contributed by atoms with Gasteiger partial charge in [0.2, 0.25) is 5.88 Å². The molecule has 6 nitrogen and oxygen atoms in total. The largest absolute Gasteiger partial charge is 0.475 e. The van der Waals surface area contributed by atoms with Crippen molar-refractivity contribution in [2.45, 2.75) is 45.4 Å². The first-order valence-electron chi connectivity index (χ1n) is 9.53. The van der Waals surface area contributed by atoms with Gasteiger partial charge < -0.3 is 15.4 Å². The molecule has 2 aromatic rings. The molecular weight excluding hydrogens is 360 g/mol. The van der Waals surface area contributed by atoms with Crippen LogP contribution in [0.5, 0.6) is 5.88 Å². The Morgan fingerprint density at radius 3 is 2.78 bits per heavy atom. The van der Waals surface area contributed by atoms with Crippen LogP contribution in [0.3, 0.4) is 0 Å². The fourth-order valence-electron chi connectivity index (χ4n) is 3.26. The summed E-state index contributed by atoms with van der Waals surface area (Å²) in [6, 6.07) is 8.07. The van der Waals surface area contributed by atoms with E-state index >= 15 is 0 Å². The Bertz CT molecular complexity index is 715. The molecule has 2 amide bonds. The van der Waals surface area contributed by atoms with E-state index in [4.69, 9.17) is 4.74 Å². The molecule has 3 heterocycles. The van der Waals surface area contributed by atoms with E-state index in [-0.39, 0.29) is 18.2 Å². The molecule has 0 aromatic carbocycles. The molecule has 2 N–H and O–H groups in total. The quantitative estimate of drug-likeness (QED) is 0.726. The summed E-state index contributed by atoms with van der Waals surface area (Å²) < 4.78 is 5.70. The van der Waals surface area contributed by atoms with Crippen molar-refractivity contribution in [2.24, 2.45) is 0 Å². The van der Waals surface area contributed by atoms with E-state index in [1.54, 1.807) is 17.5 Å². The summed E-state index contributed by atoms with van der Waals surface area (Å²) in [7, 11) is 0. The number of amides is 2. The van der Waals surface area contributed by atoms with E-state index in [0.29, 0.717) is 19.0 Å². The van der Waals surface area contributed by atoms with Gasteiger partial charge in [-0.25, -0.2) is 9.78 Å². The number of ether oxygens (including phenoxy) is 1. The summed E-state index contributed by atoms with van der Waals surface area (Å²) in [5.74, 6) is 0.571. The molecule has 1 fully saturated rings. The van der Waals surface area contributed by atoms with E-state index in [0.717, 1.165) is 18.7 Å². The zero-order valence-electron chi connectivity index (χ0n) is 16.0. The number of pyridine rings is 1. The molecule has 0 saturated carbocycles. The number of aromatic nitrogens is 1. The number of likely N-dealkylation sites (tertiary alicyclic amines) is 1. The summed E-state index contributed by atoms with van der Waals surface area (Å²) in [5, 5.41) is 8.05. The van der Waals surface area contributed by atoms with Gasteiger partial charge in [0.25, 0.3) is 0 Å². The normalized spacial score (nSPS) is 15.7. The highest BCUT2D eigenvalue weighted by molar-refractivity contribution is 7.10. The number of hydrogen-bond acceptors (Lipinski definition) is 5. The fourth-order valence-corrected chi connectivity index (χ4v) is 4.12. The van der Waals surface area contributed by atoms with Gasteiger partial charge in [0.15, 0.2) is 0 Å². The third kappa shape index (κ3) is 5.68. The summed E-state index contributed by atoms with van der Waals surface area (Å²) in [4.78, 5) is 20.4. The molecule has 1 unspecified atom stereocenters. The van der Waals surface area contributed by atoms with Gasteiger partial charge in [0.1, 0.15) is 0 Å². The molecule has 27 heavy (non-hydrogen) atoms. The Morgan fingerprint density at radius 2 is 2.07 bits per heavy atom. The fraction of sp³-hybridized carbons (Fsp3) is 0.500. The van der Waals surface area contributed by atoms with Crippen molar-refractivity contribution in [2.75, 3.05) is 19.6 Å². The van der Waals surface area contributed by atoms with E-state index in [2.05, 4.69) is 38.0 Å². The van der Waals surface area contributed by atoms with E-state index in [9.17, 15) is 4.79 Å². The lowest BCUT2D eigenvalue weighted by Crippen LogP contribution is -2.41. The predicted molar refractivity (Wildman–Crippen MR) is 108 cm³/mol. The van der Waals surface area contributed by atoms with Crippen molar-refractivity contribution >= 4 is 17.4 Å². The number of carbonyl (C=O) groups is 1. The molecular formula is C20H28N4O2S. The molecule has 0 bridgehead atoms. The topological polar surface area (TPSA) is 66.5 Å². The number of rotatable bonds is 8. The van der Waals surface area contributed by atoms with E-state index in [1.165, 1.54) is 17.7 Å². The second kappa shape index (κ2) is 9.71. The monoisotopic (exact) mass is 388 g/mol. The third-order valence-corrected chi connectivity index (χ3v) is 5.52. The highest BCUT2D eigenvalue weighted by atomic mass is 32.1. The first-order chi connectivity index (χ1) is 13.1. The van der Waals surface area contributed by atoms with Crippen LogP contribution in [0.25, 0.3) is 0 Å². The van der Waals surface area contributed by atoms with Crippen molar-refractivity contribution in [1.82, 2.24) is 20.5 Å².